The van der Waals surface area contributed by atoms with Gasteiger partial charge in [-0.1, -0.05) is 6.92 Å². The minimum Gasteiger partial charge on any atom is -0.389 e. The molecule has 3 nitrogen and oxygen atoms in total. The lowest BCUT2D eigenvalue weighted by Crippen LogP contribution is -2.36. The minimum atomic E-state index is -0.523. The van der Waals surface area contributed by atoms with Gasteiger partial charge in [-0.25, -0.2) is 0 Å². The Hall–Kier alpha value is -0.120. The average Bonchev–Trinajstić information content (AvgIpc) is 1.87. The summed E-state index contributed by atoms with van der Waals surface area (Å²) in [4.78, 5) is 0. The van der Waals surface area contributed by atoms with Crippen molar-refractivity contribution in [2.45, 2.75) is 32.6 Å². The fourth-order valence-corrected chi connectivity index (χ4v) is 0.536. The summed E-state index contributed by atoms with van der Waals surface area (Å²) in [5, 5.41) is 9.01. The minimum absolute atomic E-state index is 0.514. The summed E-state index contributed by atoms with van der Waals surface area (Å²) in [6, 6.07) is 0. The van der Waals surface area contributed by atoms with E-state index < -0.39 is 12.3 Å². The third-order valence-corrected chi connectivity index (χ3v) is 1.16. The van der Waals surface area contributed by atoms with E-state index in [0.29, 0.717) is 13.0 Å². The van der Waals surface area contributed by atoms with E-state index >= 15 is 0 Å². The molecular weight excluding hydrogens is 118 g/mol. The molecule has 2 unspecified atom stereocenters. The first-order chi connectivity index (χ1) is 4.22. The molecule has 0 aliphatic rings. The van der Waals surface area contributed by atoms with Crippen LogP contribution < -0.4 is 5.73 Å². The number of hydrogen-bond donors (Lipinski definition) is 2. The molecule has 0 heterocycles. The predicted octanol–water partition coefficient (Wildman–Crippen LogP) is 0.0786. The molecule has 56 valence electrons. The number of aliphatic hydroxyl groups excluding tert-OH is 1. The van der Waals surface area contributed by atoms with E-state index in [9.17, 15) is 0 Å². The Labute approximate surface area is 55.8 Å². The van der Waals surface area contributed by atoms with Gasteiger partial charge in [-0.05, 0) is 13.3 Å². The number of ether oxygens (including phenoxy) is 1. The Morgan fingerprint density at radius 1 is 1.56 bits per heavy atom. The summed E-state index contributed by atoms with van der Waals surface area (Å²) in [6.07, 6.45) is -0.397. The Bertz CT molecular complexity index is 68.1. The van der Waals surface area contributed by atoms with E-state index in [1.807, 2.05) is 13.8 Å². The van der Waals surface area contributed by atoms with Gasteiger partial charge in [0.15, 0.2) is 0 Å². The summed E-state index contributed by atoms with van der Waals surface area (Å²) in [7, 11) is 0. The van der Waals surface area contributed by atoms with Gasteiger partial charge in [0, 0.05) is 6.61 Å². The maximum atomic E-state index is 9.01. The standard InChI is InChI=1S/C6H15NO2/c1-3-5(8)6(7)9-4-2/h5-6,8H,3-4,7H2,1-2H3. The number of nitrogens with two attached hydrogens (primary N) is 1. The van der Waals surface area contributed by atoms with E-state index in [1.165, 1.54) is 0 Å². The van der Waals surface area contributed by atoms with Crippen molar-refractivity contribution in [3.63, 3.8) is 0 Å². The molecule has 0 spiro atoms. The molecule has 0 fully saturated rings. The third-order valence-electron chi connectivity index (χ3n) is 1.16. The molecule has 0 aliphatic carbocycles. The van der Waals surface area contributed by atoms with Crippen molar-refractivity contribution in [2.24, 2.45) is 5.73 Å². The van der Waals surface area contributed by atoms with E-state index in [-0.39, 0.29) is 0 Å². The zero-order chi connectivity index (χ0) is 7.28. The van der Waals surface area contributed by atoms with E-state index in [4.69, 9.17) is 15.6 Å². The van der Waals surface area contributed by atoms with Crippen molar-refractivity contribution in [3.8, 4) is 0 Å². The summed E-state index contributed by atoms with van der Waals surface area (Å²) in [6.45, 7) is 4.27. The van der Waals surface area contributed by atoms with Crippen LogP contribution in [0.2, 0.25) is 0 Å². The highest BCUT2D eigenvalue weighted by atomic mass is 16.5. The lowest BCUT2D eigenvalue weighted by molar-refractivity contribution is -0.0297. The van der Waals surface area contributed by atoms with Crippen LogP contribution in [0.1, 0.15) is 20.3 Å². The van der Waals surface area contributed by atoms with Crippen molar-refractivity contribution < 1.29 is 9.84 Å². The Kier molecular flexibility index (Phi) is 4.67. The van der Waals surface area contributed by atoms with E-state index in [0.717, 1.165) is 0 Å². The molecule has 0 aliphatic heterocycles. The molecule has 0 saturated carbocycles. The molecule has 0 saturated heterocycles. The second-order valence-electron chi connectivity index (χ2n) is 1.90. The lowest BCUT2D eigenvalue weighted by Gasteiger charge is -2.16. The maximum absolute atomic E-state index is 9.01. The second kappa shape index (κ2) is 4.73. The Morgan fingerprint density at radius 2 is 2.11 bits per heavy atom. The quantitative estimate of drug-likeness (QED) is 0.534. The number of aliphatic hydroxyl groups is 1. The highest BCUT2D eigenvalue weighted by Crippen LogP contribution is 1.95. The fraction of sp³-hybridized carbons (Fsp3) is 1.00. The van der Waals surface area contributed by atoms with Crippen LogP contribution in [0.3, 0.4) is 0 Å². The molecule has 2 atom stereocenters. The topological polar surface area (TPSA) is 55.5 Å². The lowest BCUT2D eigenvalue weighted by atomic mass is 10.2. The van der Waals surface area contributed by atoms with Gasteiger partial charge in [-0.2, -0.15) is 0 Å². The third kappa shape index (κ3) is 3.46. The molecule has 0 aromatic heterocycles. The van der Waals surface area contributed by atoms with Crippen molar-refractivity contribution in [3.05, 3.63) is 0 Å². The average molecular weight is 133 g/mol. The number of rotatable bonds is 4. The van der Waals surface area contributed by atoms with Crippen molar-refractivity contribution in [1.82, 2.24) is 0 Å². The van der Waals surface area contributed by atoms with Crippen LogP contribution >= 0.6 is 0 Å². The molecule has 9 heavy (non-hydrogen) atoms. The highest BCUT2D eigenvalue weighted by molar-refractivity contribution is 4.58. The van der Waals surface area contributed by atoms with E-state index in [2.05, 4.69) is 0 Å². The van der Waals surface area contributed by atoms with E-state index in [1.54, 1.807) is 0 Å². The van der Waals surface area contributed by atoms with Crippen LogP contribution in [0.4, 0.5) is 0 Å². The monoisotopic (exact) mass is 133 g/mol. The van der Waals surface area contributed by atoms with Crippen molar-refractivity contribution in [2.75, 3.05) is 6.61 Å². The van der Waals surface area contributed by atoms with Gasteiger partial charge in [0.25, 0.3) is 0 Å². The van der Waals surface area contributed by atoms with Gasteiger partial charge in [0.1, 0.15) is 6.23 Å². The molecule has 0 aromatic carbocycles. The van der Waals surface area contributed by atoms with Crippen LogP contribution in [0.5, 0.6) is 0 Å². The molecule has 0 amide bonds. The van der Waals surface area contributed by atoms with Crippen LogP contribution in [-0.4, -0.2) is 24.0 Å². The molecule has 0 aromatic rings. The first-order valence-corrected chi connectivity index (χ1v) is 3.27. The molecule has 3 N–H and O–H groups in total. The van der Waals surface area contributed by atoms with Gasteiger partial charge < -0.3 is 15.6 Å². The van der Waals surface area contributed by atoms with Crippen LogP contribution in [0, 0.1) is 0 Å². The van der Waals surface area contributed by atoms with Gasteiger partial charge >= 0.3 is 0 Å². The maximum Gasteiger partial charge on any atom is 0.131 e. The normalized spacial score (nSPS) is 17.3. The van der Waals surface area contributed by atoms with Crippen molar-refractivity contribution >= 4 is 0 Å². The van der Waals surface area contributed by atoms with Gasteiger partial charge in [-0.15, -0.1) is 0 Å². The zero-order valence-electron chi connectivity index (χ0n) is 6.00. The summed E-state index contributed by atoms with van der Waals surface area (Å²) in [5.74, 6) is 0. The van der Waals surface area contributed by atoms with Crippen LogP contribution in [-0.2, 0) is 4.74 Å². The molecular formula is C6H15NO2. The Morgan fingerprint density at radius 3 is 2.44 bits per heavy atom. The fourth-order valence-electron chi connectivity index (χ4n) is 0.536. The Balaban J connectivity index is 3.32. The predicted molar refractivity (Wildman–Crippen MR) is 35.9 cm³/mol. The van der Waals surface area contributed by atoms with Crippen molar-refractivity contribution in [1.29, 1.82) is 0 Å². The zero-order valence-corrected chi connectivity index (χ0v) is 6.00. The second-order valence-corrected chi connectivity index (χ2v) is 1.90. The molecule has 0 rings (SSSR count). The van der Waals surface area contributed by atoms with Crippen LogP contribution in [0.15, 0.2) is 0 Å². The first-order valence-electron chi connectivity index (χ1n) is 3.27. The number of hydrogen-bond acceptors (Lipinski definition) is 3. The van der Waals surface area contributed by atoms with Gasteiger partial charge in [-0.3, -0.25) is 0 Å². The molecule has 3 heteroatoms. The largest absolute Gasteiger partial charge is 0.389 e. The SMILES string of the molecule is CCOC(N)C(O)CC. The summed E-state index contributed by atoms with van der Waals surface area (Å²) in [5.41, 5.74) is 5.37. The first kappa shape index (κ1) is 8.88. The smallest absolute Gasteiger partial charge is 0.131 e. The van der Waals surface area contributed by atoms with Gasteiger partial charge in [0.2, 0.25) is 0 Å². The summed E-state index contributed by atoms with van der Waals surface area (Å²) < 4.78 is 4.92. The molecule has 0 radical (unpaired) electrons. The van der Waals surface area contributed by atoms with Crippen LogP contribution in [0.25, 0.3) is 0 Å². The van der Waals surface area contributed by atoms with Gasteiger partial charge in [0.05, 0.1) is 6.10 Å². The molecule has 0 bridgehead atoms. The summed E-state index contributed by atoms with van der Waals surface area (Å²) >= 11 is 0. The highest BCUT2D eigenvalue weighted by Gasteiger charge is 2.10.